The van der Waals surface area contributed by atoms with Crippen molar-refractivity contribution in [2.75, 3.05) is 17.3 Å². The molecule has 1 amide bonds. The van der Waals surface area contributed by atoms with E-state index in [1.54, 1.807) is 24.5 Å². The third kappa shape index (κ3) is 4.25. The Labute approximate surface area is 169 Å². The fourth-order valence-corrected chi connectivity index (χ4v) is 5.03. The average molecular weight is 438 g/mol. The number of thioether (sulfide) groups is 1. The van der Waals surface area contributed by atoms with Gasteiger partial charge in [-0.3, -0.25) is 4.79 Å². The van der Waals surface area contributed by atoms with Crippen molar-refractivity contribution in [3.8, 4) is 0 Å². The molecule has 0 saturated heterocycles. The first-order chi connectivity index (χ1) is 13.7. The largest absolute Gasteiger partial charge is 0.383 e. The molecule has 0 saturated carbocycles. The molecular weight excluding hydrogens is 422 g/mol. The number of benzene rings is 2. The van der Waals surface area contributed by atoms with Crippen LogP contribution in [0.5, 0.6) is 0 Å². The number of nitrogen functional groups attached to an aromatic ring is 1. The minimum atomic E-state index is -3.96. The summed E-state index contributed by atoms with van der Waals surface area (Å²) in [5, 5.41) is 6.51. The zero-order valence-corrected chi connectivity index (χ0v) is 16.7. The first-order valence-electron chi connectivity index (χ1n) is 8.19. The zero-order valence-electron chi connectivity index (χ0n) is 15.1. The van der Waals surface area contributed by atoms with Gasteiger partial charge in [0.2, 0.25) is 15.7 Å². The van der Waals surface area contributed by atoms with Crippen LogP contribution >= 0.6 is 11.8 Å². The summed E-state index contributed by atoms with van der Waals surface area (Å²) in [5.41, 5.74) is 5.78. The molecule has 7 nitrogen and oxygen atoms in total. The molecule has 0 unspecified atom stereocenters. The van der Waals surface area contributed by atoms with Gasteiger partial charge in [0.1, 0.15) is 33.9 Å². The van der Waals surface area contributed by atoms with Gasteiger partial charge >= 0.3 is 0 Å². The molecule has 0 aliphatic heterocycles. The van der Waals surface area contributed by atoms with E-state index in [0.717, 1.165) is 28.6 Å². The van der Waals surface area contributed by atoms with Gasteiger partial charge in [0.05, 0.1) is 10.6 Å². The van der Waals surface area contributed by atoms with Crippen LogP contribution in [0.15, 0.2) is 63.3 Å². The first kappa shape index (κ1) is 20.8. The smallest absolute Gasteiger partial charge is 0.246 e. The van der Waals surface area contributed by atoms with Gasteiger partial charge in [-0.15, -0.1) is 11.8 Å². The van der Waals surface area contributed by atoms with Crippen molar-refractivity contribution in [2.45, 2.75) is 21.4 Å². The lowest BCUT2D eigenvalue weighted by Gasteiger charge is -2.08. The van der Waals surface area contributed by atoms with Gasteiger partial charge in [0.25, 0.3) is 0 Å². The highest BCUT2D eigenvalue weighted by atomic mass is 32.2. The lowest BCUT2D eigenvalue weighted by atomic mass is 10.3. The molecule has 0 aliphatic carbocycles. The van der Waals surface area contributed by atoms with Gasteiger partial charge in [-0.2, -0.15) is 5.10 Å². The summed E-state index contributed by atoms with van der Waals surface area (Å²) >= 11 is 1.06. The summed E-state index contributed by atoms with van der Waals surface area (Å²) in [6.45, 7) is -0.458. The van der Waals surface area contributed by atoms with Gasteiger partial charge in [-0.05, 0) is 30.5 Å². The number of nitrogens with two attached hydrogens (primary N) is 1. The molecule has 0 atom stereocenters. The summed E-state index contributed by atoms with van der Waals surface area (Å²) in [7, 11) is -3.96. The number of anilines is 2. The number of hydrogen-bond donors (Lipinski definition) is 2. The second-order valence-corrected chi connectivity index (χ2v) is 8.55. The third-order valence-electron chi connectivity index (χ3n) is 3.93. The van der Waals surface area contributed by atoms with Crippen molar-refractivity contribution in [2.24, 2.45) is 0 Å². The lowest BCUT2D eigenvalue weighted by molar-refractivity contribution is -0.116. The molecule has 1 heterocycles. The van der Waals surface area contributed by atoms with E-state index in [-0.39, 0.29) is 26.3 Å². The van der Waals surface area contributed by atoms with E-state index in [9.17, 15) is 22.0 Å². The van der Waals surface area contributed by atoms with Crippen LogP contribution in [0.3, 0.4) is 0 Å². The zero-order chi connectivity index (χ0) is 21.2. The maximum atomic E-state index is 13.7. The van der Waals surface area contributed by atoms with Gasteiger partial charge in [0, 0.05) is 6.07 Å². The van der Waals surface area contributed by atoms with Gasteiger partial charge in [-0.1, -0.05) is 18.2 Å². The average Bonchev–Trinajstić information content (AvgIpc) is 3.01. The normalized spacial score (nSPS) is 11.4. The molecule has 3 rings (SSSR count). The number of rotatable bonds is 6. The minimum absolute atomic E-state index is 0.0411. The van der Waals surface area contributed by atoms with Crippen LogP contribution in [-0.2, 0) is 21.2 Å². The van der Waals surface area contributed by atoms with E-state index in [4.69, 9.17) is 5.73 Å². The fourth-order valence-electron chi connectivity index (χ4n) is 2.58. The number of aromatic nitrogens is 2. The highest BCUT2D eigenvalue weighted by molar-refractivity contribution is 7.99. The first-order valence-corrected chi connectivity index (χ1v) is 10.9. The molecule has 3 aromatic rings. The summed E-state index contributed by atoms with van der Waals surface area (Å²) < 4.78 is 53.7. The Morgan fingerprint density at radius 1 is 1.21 bits per heavy atom. The number of amides is 1. The molecule has 11 heteroatoms. The van der Waals surface area contributed by atoms with Crippen molar-refractivity contribution in [3.63, 3.8) is 0 Å². The van der Waals surface area contributed by atoms with Crippen LogP contribution in [0.25, 0.3) is 0 Å². The van der Waals surface area contributed by atoms with Crippen LogP contribution in [0, 0.1) is 11.6 Å². The molecule has 3 N–H and O–H groups in total. The quantitative estimate of drug-likeness (QED) is 0.573. The maximum absolute atomic E-state index is 13.7. The summed E-state index contributed by atoms with van der Waals surface area (Å²) in [6.07, 6.45) is 1.63. The van der Waals surface area contributed by atoms with Crippen LogP contribution in [-0.4, -0.2) is 30.4 Å². The lowest BCUT2D eigenvalue weighted by Crippen LogP contribution is -2.21. The van der Waals surface area contributed by atoms with Gasteiger partial charge in [0.15, 0.2) is 0 Å². The Hall–Kier alpha value is -2.92. The number of nitrogens with zero attached hydrogens (tertiary/aromatic N) is 2. The number of carbonyl (C=O) groups is 1. The van der Waals surface area contributed by atoms with Crippen LogP contribution in [0.4, 0.5) is 20.3 Å². The van der Waals surface area contributed by atoms with Crippen molar-refractivity contribution in [3.05, 3.63) is 60.2 Å². The molecule has 152 valence electrons. The number of nitrogens with one attached hydrogen (secondary N) is 1. The monoisotopic (exact) mass is 438 g/mol. The van der Waals surface area contributed by atoms with Crippen molar-refractivity contribution in [1.29, 1.82) is 0 Å². The van der Waals surface area contributed by atoms with E-state index in [1.807, 2.05) is 0 Å². The Bertz CT molecular complexity index is 1170. The molecule has 0 fully saturated rings. The van der Waals surface area contributed by atoms with E-state index in [0.29, 0.717) is 6.07 Å². The Balaban J connectivity index is 1.91. The summed E-state index contributed by atoms with van der Waals surface area (Å²) in [4.78, 5) is 12.1. The van der Waals surface area contributed by atoms with Gasteiger partial charge in [-0.25, -0.2) is 21.9 Å². The Kier molecular flexibility index (Phi) is 5.89. The predicted octanol–water partition coefficient (Wildman–Crippen LogP) is 2.94. The second-order valence-electron chi connectivity index (χ2n) is 5.87. The molecule has 1 aromatic heterocycles. The molecule has 0 bridgehead atoms. The van der Waals surface area contributed by atoms with E-state index in [1.165, 1.54) is 12.1 Å². The van der Waals surface area contributed by atoms with Crippen LogP contribution < -0.4 is 11.1 Å². The standard InChI is InChI=1S/C18H16F2N4O3S2/c1-28-18-16(29(26,27)12-5-3-2-4-6-12)17(21)24(23-18)10-15(25)22-14-8-7-11(19)9-13(14)20/h2-9H,10,21H2,1H3,(H,22,25). The van der Waals surface area contributed by atoms with Crippen molar-refractivity contribution < 1.29 is 22.0 Å². The van der Waals surface area contributed by atoms with Crippen LogP contribution in [0.1, 0.15) is 0 Å². The highest BCUT2D eigenvalue weighted by Crippen LogP contribution is 2.33. The topological polar surface area (TPSA) is 107 Å². The fraction of sp³-hybridized carbons (Fsp3) is 0.111. The predicted molar refractivity (Wildman–Crippen MR) is 105 cm³/mol. The van der Waals surface area contributed by atoms with E-state index < -0.39 is 33.9 Å². The number of halogens is 2. The Morgan fingerprint density at radius 3 is 2.52 bits per heavy atom. The molecule has 0 aliphatic rings. The second kappa shape index (κ2) is 8.21. The summed E-state index contributed by atoms with van der Waals surface area (Å²) in [6, 6.07) is 10.4. The van der Waals surface area contributed by atoms with E-state index >= 15 is 0 Å². The van der Waals surface area contributed by atoms with Crippen molar-refractivity contribution in [1.82, 2.24) is 9.78 Å². The summed E-state index contributed by atoms with van der Waals surface area (Å²) in [5.74, 6) is -2.64. The maximum Gasteiger partial charge on any atom is 0.246 e. The van der Waals surface area contributed by atoms with Crippen molar-refractivity contribution >= 4 is 39.0 Å². The molecule has 2 aromatic carbocycles. The van der Waals surface area contributed by atoms with Crippen LogP contribution in [0.2, 0.25) is 0 Å². The molecule has 0 radical (unpaired) electrons. The number of hydrogen-bond acceptors (Lipinski definition) is 6. The Morgan fingerprint density at radius 2 is 1.90 bits per heavy atom. The van der Waals surface area contributed by atoms with E-state index in [2.05, 4.69) is 10.4 Å². The SMILES string of the molecule is CSc1nn(CC(=O)Nc2ccc(F)cc2F)c(N)c1S(=O)(=O)c1ccccc1. The molecular formula is C18H16F2N4O3S2. The van der Waals surface area contributed by atoms with Gasteiger partial charge < -0.3 is 11.1 Å². The highest BCUT2D eigenvalue weighted by Gasteiger charge is 2.29. The molecule has 29 heavy (non-hydrogen) atoms. The molecule has 0 spiro atoms. The third-order valence-corrected chi connectivity index (χ3v) is 6.57. The number of sulfone groups is 1. The number of carbonyl (C=O) groups excluding carboxylic acids is 1. The minimum Gasteiger partial charge on any atom is -0.383 e.